The van der Waals surface area contributed by atoms with Crippen LogP contribution in [-0.4, -0.2) is 25.1 Å². The van der Waals surface area contributed by atoms with Gasteiger partial charge in [-0.25, -0.2) is 4.21 Å². The molecule has 10 heavy (non-hydrogen) atoms. The van der Waals surface area contributed by atoms with E-state index in [0.29, 0.717) is 0 Å². The summed E-state index contributed by atoms with van der Waals surface area (Å²) >= 11 is 4.08. The van der Waals surface area contributed by atoms with Gasteiger partial charge >= 0.3 is 5.97 Å². The topological polar surface area (TPSA) is 74.6 Å². The number of carboxylic acid groups (broad SMARTS) is 1. The van der Waals surface area contributed by atoms with Gasteiger partial charge in [0.05, 0.1) is 0 Å². The van der Waals surface area contributed by atoms with E-state index in [1.165, 1.54) is 6.92 Å². The summed E-state index contributed by atoms with van der Waals surface area (Å²) < 4.78 is 19.2. The smallest absolute Gasteiger partial charge is 0.321 e. The van der Waals surface area contributed by atoms with Crippen LogP contribution in [0.5, 0.6) is 0 Å². The molecule has 2 unspecified atom stereocenters. The molecule has 0 bridgehead atoms. The SMILES string of the molecule is CCC(C(=O)O)S(=O)(O)=S. The molecule has 0 aliphatic carbocycles. The lowest BCUT2D eigenvalue weighted by atomic mass is 10.3. The Kier molecular flexibility index (Phi) is 3.20. The van der Waals surface area contributed by atoms with Crippen molar-refractivity contribution >= 4 is 25.9 Å². The van der Waals surface area contributed by atoms with Gasteiger partial charge in [0.25, 0.3) is 0 Å². The van der Waals surface area contributed by atoms with Gasteiger partial charge in [-0.15, -0.1) is 0 Å². The van der Waals surface area contributed by atoms with Crippen LogP contribution >= 0.6 is 0 Å². The maximum absolute atomic E-state index is 10.5. The third-order valence-electron chi connectivity index (χ3n) is 1.01. The first-order valence-corrected chi connectivity index (χ1v) is 5.09. The molecule has 0 saturated carbocycles. The molecular formula is C4H8O4S2. The molecule has 60 valence electrons. The second kappa shape index (κ2) is 3.27. The molecule has 6 heteroatoms. The number of carboxylic acids is 1. The molecule has 2 atom stereocenters. The van der Waals surface area contributed by atoms with E-state index in [4.69, 9.17) is 9.66 Å². The molecular weight excluding hydrogens is 176 g/mol. The largest absolute Gasteiger partial charge is 0.480 e. The van der Waals surface area contributed by atoms with Gasteiger partial charge in [-0.1, -0.05) is 6.92 Å². The predicted octanol–water partition coefficient (Wildman–Crippen LogP) is 0.0689. The lowest BCUT2D eigenvalue weighted by molar-refractivity contribution is -0.136. The maximum atomic E-state index is 10.5. The highest BCUT2D eigenvalue weighted by molar-refractivity contribution is 8.30. The normalized spacial score (nSPS) is 19.4. The van der Waals surface area contributed by atoms with Crippen LogP contribution in [0.25, 0.3) is 0 Å². The van der Waals surface area contributed by atoms with Crippen LogP contribution in [0.15, 0.2) is 0 Å². The molecule has 0 amide bonds. The van der Waals surface area contributed by atoms with Gasteiger partial charge in [-0.3, -0.25) is 4.79 Å². The molecule has 0 saturated heterocycles. The van der Waals surface area contributed by atoms with Gasteiger partial charge in [0.1, 0.15) is 0 Å². The zero-order valence-corrected chi connectivity index (χ0v) is 6.94. The number of aliphatic carboxylic acids is 1. The lowest BCUT2D eigenvalue weighted by Crippen LogP contribution is -2.27. The Morgan fingerprint density at radius 3 is 2.20 bits per heavy atom. The van der Waals surface area contributed by atoms with E-state index < -0.39 is 20.0 Å². The van der Waals surface area contributed by atoms with Gasteiger partial charge in [0.15, 0.2) is 14.0 Å². The Morgan fingerprint density at radius 1 is 1.80 bits per heavy atom. The number of rotatable bonds is 3. The van der Waals surface area contributed by atoms with Gasteiger partial charge in [-0.05, 0) is 6.42 Å². The fraction of sp³-hybridized carbons (Fsp3) is 0.750. The lowest BCUT2D eigenvalue weighted by Gasteiger charge is -2.06. The summed E-state index contributed by atoms with van der Waals surface area (Å²) in [5, 5.41) is 6.99. The monoisotopic (exact) mass is 184 g/mol. The van der Waals surface area contributed by atoms with Crippen molar-refractivity contribution in [3.05, 3.63) is 0 Å². The highest BCUT2D eigenvalue weighted by Gasteiger charge is 2.24. The summed E-state index contributed by atoms with van der Waals surface area (Å²) in [6.07, 6.45) is 0.0775. The van der Waals surface area contributed by atoms with Crippen LogP contribution in [0.3, 0.4) is 0 Å². The van der Waals surface area contributed by atoms with Crippen LogP contribution in [0.2, 0.25) is 0 Å². The molecule has 0 aliphatic heterocycles. The molecule has 0 radical (unpaired) electrons. The number of hydrogen-bond donors (Lipinski definition) is 2. The van der Waals surface area contributed by atoms with Crippen molar-refractivity contribution in [3.8, 4) is 0 Å². The molecule has 0 fully saturated rings. The molecule has 0 spiro atoms. The second-order valence-electron chi connectivity index (χ2n) is 1.75. The minimum absolute atomic E-state index is 0.0775. The van der Waals surface area contributed by atoms with Gasteiger partial charge in [0, 0.05) is 11.2 Å². The molecule has 0 heterocycles. The summed E-state index contributed by atoms with van der Waals surface area (Å²) in [5.41, 5.74) is 0. The van der Waals surface area contributed by atoms with Gasteiger partial charge in [0.2, 0.25) is 0 Å². The van der Waals surface area contributed by atoms with Gasteiger partial charge in [-0.2, -0.15) is 0 Å². The molecule has 0 aromatic heterocycles. The molecule has 0 aliphatic rings. The third-order valence-corrected chi connectivity index (χ3v) is 2.96. The third kappa shape index (κ3) is 2.59. The quantitative estimate of drug-likeness (QED) is 0.649. The van der Waals surface area contributed by atoms with Crippen LogP contribution in [-0.2, 0) is 24.8 Å². The molecule has 0 rings (SSSR count). The van der Waals surface area contributed by atoms with Gasteiger partial charge < -0.3 is 9.66 Å². The van der Waals surface area contributed by atoms with E-state index in [1.54, 1.807) is 0 Å². The Hall–Kier alpha value is -0.200. The van der Waals surface area contributed by atoms with E-state index in [9.17, 15) is 9.00 Å². The zero-order valence-electron chi connectivity index (χ0n) is 5.31. The van der Waals surface area contributed by atoms with Crippen molar-refractivity contribution in [2.45, 2.75) is 18.6 Å². The fourth-order valence-corrected chi connectivity index (χ4v) is 1.84. The first-order valence-electron chi connectivity index (χ1n) is 2.58. The maximum Gasteiger partial charge on any atom is 0.321 e. The van der Waals surface area contributed by atoms with E-state index in [2.05, 4.69) is 11.2 Å². The van der Waals surface area contributed by atoms with Crippen molar-refractivity contribution in [1.82, 2.24) is 0 Å². The van der Waals surface area contributed by atoms with Crippen LogP contribution in [0.1, 0.15) is 13.3 Å². The average Bonchev–Trinajstić information content (AvgIpc) is 1.60. The van der Waals surface area contributed by atoms with Crippen molar-refractivity contribution in [3.63, 3.8) is 0 Å². The standard InChI is InChI=1S/C4H8O4S2/c1-2-3(4(5)6)10(7,8)9/h3H,2H2,1H3,(H,5,6)(H,7,8,9). The number of carbonyl (C=O) groups is 1. The zero-order chi connectivity index (χ0) is 8.36. The average molecular weight is 184 g/mol. The minimum atomic E-state index is -3.58. The van der Waals surface area contributed by atoms with Crippen molar-refractivity contribution < 1.29 is 18.7 Å². The summed E-state index contributed by atoms with van der Waals surface area (Å²) in [7, 11) is -3.58. The Morgan fingerprint density at radius 2 is 2.20 bits per heavy atom. The molecule has 2 N–H and O–H groups in total. The Balaban J connectivity index is 4.55. The van der Waals surface area contributed by atoms with Crippen LogP contribution in [0.4, 0.5) is 0 Å². The summed E-state index contributed by atoms with van der Waals surface area (Å²) in [4.78, 5) is 10.2. The molecule has 4 nitrogen and oxygen atoms in total. The predicted molar refractivity (Wildman–Crippen MR) is 39.9 cm³/mol. The van der Waals surface area contributed by atoms with Crippen LogP contribution < -0.4 is 0 Å². The van der Waals surface area contributed by atoms with Crippen LogP contribution in [0, 0.1) is 0 Å². The first-order chi connectivity index (χ1) is 4.39. The first kappa shape index (κ1) is 9.80. The van der Waals surface area contributed by atoms with Crippen molar-refractivity contribution in [1.29, 1.82) is 0 Å². The summed E-state index contributed by atoms with van der Waals surface area (Å²) in [5.74, 6) is -1.31. The van der Waals surface area contributed by atoms with Crippen molar-refractivity contribution in [2.24, 2.45) is 0 Å². The Labute approximate surface area is 63.7 Å². The number of hydrogen-bond acceptors (Lipinski definition) is 3. The highest BCUT2D eigenvalue weighted by Crippen LogP contribution is 2.03. The van der Waals surface area contributed by atoms with E-state index in [0.717, 1.165) is 0 Å². The minimum Gasteiger partial charge on any atom is -0.480 e. The van der Waals surface area contributed by atoms with Crippen molar-refractivity contribution in [2.75, 3.05) is 0 Å². The van der Waals surface area contributed by atoms with E-state index in [1.807, 2.05) is 0 Å². The second-order valence-corrected chi connectivity index (χ2v) is 4.78. The highest BCUT2D eigenvalue weighted by atomic mass is 32.8. The Bertz CT molecular complexity index is 217. The molecule has 0 aromatic rings. The van der Waals surface area contributed by atoms with E-state index in [-0.39, 0.29) is 6.42 Å². The summed E-state index contributed by atoms with van der Waals surface area (Å²) in [6, 6.07) is 0. The van der Waals surface area contributed by atoms with E-state index >= 15 is 0 Å². The fourth-order valence-electron chi connectivity index (χ4n) is 0.513. The summed E-state index contributed by atoms with van der Waals surface area (Å²) in [6.45, 7) is 1.50. The molecule has 0 aromatic carbocycles.